The molecule has 39 heavy (non-hydrogen) atoms. The standard InChI is InChI=1S/C29H33N3O7/c1-36-21-3-4-24-23(15-21)22(6-9-30-24)25(34)17-31-10-8-29(19(16-31)7-11-33)18-32(28(35)39-29)20-2-5-26-27(14-20)38-13-12-37-26/h2-6,9,14-15,19,25,33-34H,7-8,10-13,16-18H2,1H3. The molecule has 3 unspecified atom stereocenters. The van der Waals surface area contributed by atoms with Crippen molar-refractivity contribution in [2.45, 2.75) is 24.5 Å². The molecule has 0 saturated carbocycles. The molecule has 1 aromatic heterocycles. The molecule has 10 heteroatoms. The Hall–Kier alpha value is -3.60. The third-order valence-corrected chi connectivity index (χ3v) is 8.10. The number of fused-ring (bicyclic) bond motifs is 2. The van der Waals surface area contributed by atoms with Crippen molar-refractivity contribution >= 4 is 22.7 Å². The highest BCUT2D eigenvalue weighted by molar-refractivity contribution is 5.91. The van der Waals surface area contributed by atoms with Gasteiger partial charge in [0, 0.05) is 56.2 Å². The maximum Gasteiger partial charge on any atom is 0.415 e. The maximum atomic E-state index is 13.1. The van der Waals surface area contributed by atoms with E-state index < -0.39 is 17.8 Å². The molecule has 2 fully saturated rings. The van der Waals surface area contributed by atoms with Crippen molar-refractivity contribution in [2.75, 3.05) is 58.0 Å². The number of benzene rings is 2. The fourth-order valence-corrected chi connectivity index (χ4v) is 6.04. The lowest BCUT2D eigenvalue weighted by molar-refractivity contribution is -0.0622. The zero-order valence-corrected chi connectivity index (χ0v) is 21.9. The lowest BCUT2D eigenvalue weighted by Gasteiger charge is -2.44. The Balaban J connectivity index is 1.18. The molecule has 3 aliphatic heterocycles. The summed E-state index contributed by atoms with van der Waals surface area (Å²) < 4.78 is 22.8. The number of pyridine rings is 1. The summed E-state index contributed by atoms with van der Waals surface area (Å²) in [6.45, 7) is 2.99. The van der Waals surface area contributed by atoms with Crippen LogP contribution in [0.15, 0.2) is 48.7 Å². The quantitative estimate of drug-likeness (QED) is 0.471. The Labute approximate surface area is 226 Å². The van der Waals surface area contributed by atoms with E-state index in [9.17, 15) is 15.0 Å². The van der Waals surface area contributed by atoms with Crippen molar-refractivity contribution in [3.05, 3.63) is 54.2 Å². The number of methoxy groups -OCH3 is 1. The lowest BCUT2D eigenvalue weighted by atomic mass is 9.78. The zero-order valence-electron chi connectivity index (χ0n) is 21.9. The van der Waals surface area contributed by atoms with Crippen LogP contribution in [0.3, 0.4) is 0 Å². The molecular weight excluding hydrogens is 502 g/mol. The molecule has 4 heterocycles. The van der Waals surface area contributed by atoms with Crippen molar-refractivity contribution in [1.82, 2.24) is 9.88 Å². The van der Waals surface area contributed by atoms with Crippen molar-refractivity contribution in [3.63, 3.8) is 0 Å². The molecule has 10 nitrogen and oxygen atoms in total. The molecule has 2 saturated heterocycles. The van der Waals surface area contributed by atoms with Gasteiger partial charge in [-0.2, -0.15) is 0 Å². The van der Waals surface area contributed by atoms with Gasteiger partial charge in [0.25, 0.3) is 0 Å². The van der Waals surface area contributed by atoms with E-state index in [2.05, 4.69) is 9.88 Å². The van der Waals surface area contributed by atoms with Gasteiger partial charge in [0.15, 0.2) is 11.5 Å². The van der Waals surface area contributed by atoms with Crippen LogP contribution in [0.2, 0.25) is 0 Å². The van der Waals surface area contributed by atoms with Crippen LogP contribution in [0.25, 0.3) is 10.9 Å². The van der Waals surface area contributed by atoms with Crippen LogP contribution in [0.5, 0.6) is 17.2 Å². The smallest absolute Gasteiger partial charge is 0.415 e. The molecule has 2 aromatic carbocycles. The number of aliphatic hydroxyl groups excluding tert-OH is 2. The number of anilines is 1. The minimum absolute atomic E-state index is 0.0147. The third-order valence-electron chi connectivity index (χ3n) is 8.10. The van der Waals surface area contributed by atoms with Crippen molar-refractivity contribution < 1.29 is 34.0 Å². The van der Waals surface area contributed by atoms with Gasteiger partial charge in [-0.25, -0.2) is 4.79 Å². The van der Waals surface area contributed by atoms with E-state index in [0.717, 1.165) is 16.5 Å². The highest BCUT2D eigenvalue weighted by Gasteiger charge is 2.53. The molecule has 2 N–H and O–H groups in total. The minimum Gasteiger partial charge on any atom is -0.497 e. The molecule has 3 aliphatic rings. The first-order chi connectivity index (χ1) is 19.0. The number of β-amino-alcohol motifs (C(OH)–C–C–N with tert-alkyl or cyclic N) is 1. The first-order valence-electron chi connectivity index (χ1n) is 13.3. The van der Waals surface area contributed by atoms with Crippen LogP contribution in [-0.2, 0) is 4.74 Å². The monoisotopic (exact) mass is 535 g/mol. The number of hydrogen-bond donors (Lipinski definition) is 2. The Bertz CT molecular complexity index is 1370. The van der Waals surface area contributed by atoms with Crippen LogP contribution in [0, 0.1) is 5.92 Å². The first kappa shape index (κ1) is 25.7. The van der Waals surface area contributed by atoms with Crippen molar-refractivity contribution in [2.24, 2.45) is 5.92 Å². The summed E-state index contributed by atoms with van der Waals surface area (Å²) in [5.41, 5.74) is 1.56. The van der Waals surface area contributed by atoms with Crippen LogP contribution in [0.1, 0.15) is 24.5 Å². The van der Waals surface area contributed by atoms with Gasteiger partial charge < -0.3 is 29.2 Å². The highest BCUT2D eigenvalue weighted by atomic mass is 16.6. The number of nitrogens with zero attached hydrogens (tertiary/aromatic N) is 3. The molecule has 206 valence electrons. The summed E-state index contributed by atoms with van der Waals surface area (Å²) in [5, 5.41) is 22.0. The lowest BCUT2D eigenvalue weighted by Crippen LogP contribution is -2.55. The fraction of sp³-hybridized carbons (Fsp3) is 0.448. The van der Waals surface area contributed by atoms with Gasteiger partial charge in [0.05, 0.1) is 31.0 Å². The summed E-state index contributed by atoms with van der Waals surface area (Å²) >= 11 is 0. The molecular formula is C29H33N3O7. The van der Waals surface area contributed by atoms with Crippen LogP contribution in [-0.4, -0.2) is 84.9 Å². The van der Waals surface area contributed by atoms with Crippen molar-refractivity contribution in [3.8, 4) is 17.2 Å². The summed E-state index contributed by atoms with van der Waals surface area (Å²) in [4.78, 5) is 21.3. The largest absolute Gasteiger partial charge is 0.497 e. The van der Waals surface area contributed by atoms with Gasteiger partial charge in [0.2, 0.25) is 0 Å². The number of likely N-dealkylation sites (tertiary alicyclic amines) is 1. The summed E-state index contributed by atoms with van der Waals surface area (Å²) in [7, 11) is 1.61. The molecule has 1 spiro atoms. The van der Waals surface area contributed by atoms with E-state index in [1.807, 2.05) is 42.5 Å². The van der Waals surface area contributed by atoms with E-state index in [0.29, 0.717) is 75.2 Å². The topological polar surface area (TPSA) is 114 Å². The molecule has 0 aliphatic carbocycles. The van der Waals surface area contributed by atoms with Gasteiger partial charge in [-0.15, -0.1) is 0 Å². The predicted octanol–water partition coefficient (Wildman–Crippen LogP) is 3.15. The number of piperidine rings is 1. The van der Waals surface area contributed by atoms with E-state index >= 15 is 0 Å². The average Bonchev–Trinajstić information content (AvgIpc) is 3.30. The van der Waals surface area contributed by atoms with E-state index in [1.165, 1.54) is 0 Å². The molecule has 3 aromatic rings. The zero-order chi connectivity index (χ0) is 27.0. The second-order valence-corrected chi connectivity index (χ2v) is 10.4. The highest BCUT2D eigenvalue weighted by Crippen LogP contribution is 2.43. The SMILES string of the molecule is COc1ccc2nccc(C(O)CN3CCC4(CN(c5ccc6c(c5)OCCO6)C(=O)O4)C(CCO)C3)c2c1. The summed E-state index contributed by atoms with van der Waals surface area (Å²) in [6.07, 6.45) is 1.65. The van der Waals surface area contributed by atoms with E-state index in [4.69, 9.17) is 18.9 Å². The van der Waals surface area contributed by atoms with E-state index in [-0.39, 0.29) is 12.5 Å². The third kappa shape index (κ3) is 4.84. The molecule has 0 bridgehead atoms. The minimum atomic E-state index is -0.744. The fourth-order valence-electron chi connectivity index (χ4n) is 6.04. The Kier molecular flexibility index (Phi) is 6.92. The number of ether oxygens (including phenoxy) is 4. The second-order valence-electron chi connectivity index (χ2n) is 10.4. The van der Waals surface area contributed by atoms with Gasteiger partial charge in [-0.3, -0.25) is 14.8 Å². The number of aliphatic hydroxyl groups is 2. The summed E-state index contributed by atoms with van der Waals surface area (Å²) in [6, 6.07) is 12.9. The summed E-state index contributed by atoms with van der Waals surface area (Å²) in [5.74, 6) is 1.89. The Morgan fingerprint density at radius 2 is 2.00 bits per heavy atom. The molecule has 0 radical (unpaired) electrons. The van der Waals surface area contributed by atoms with Crippen molar-refractivity contribution in [1.29, 1.82) is 0 Å². The number of carbonyl (C=O) groups excluding carboxylic acids is 1. The van der Waals surface area contributed by atoms with Gasteiger partial charge >= 0.3 is 6.09 Å². The van der Waals surface area contributed by atoms with Gasteiger partial charge in [0.1, 0.15) is 24.6 Å². The van der Waals surface area contributed by atoms with Crippen LogP contribution in [0.4, 0.5) is 10.5 Å². The maximum absolute atomic E-state index is 13.1. The predicted molar refractivity (Wildman–Crippen MR) is 143 cm³/mol. The number of carbonyl (C=O) groups is 1. The normalized spacial score (nSPS) is 23.7. The first-order valence-corrected chi connectivity index (χ1v) is 13.3. The average molecular weight is 536 g/mol. The Morgan fingerprint density at radius 3 is 2.82 bits per heavy atom. The molecule has 1 amide bonds. The van der Waals surface area contributed by atoms with Crippen LogP contribution < -0.4 is 19.1 Å². The number of rotatable bonds is 7. The van der Waals surface area contributed by atoms with Gasteiger partial charge in [-0.05, 0) is 48.4 Å². The number of aromatic nitrogens is 1. The Morgan fingerprint density at radius 1 is 1.15 bits per heavy atom. The molecule has 3 atom stereocenters. The van der Waals surface area contributed by atoms with Crippen LogP contribution >= 0.6 is 0 Å². The van der Waals surface area contributed by atoms with E-state index in [1.54, 1.807) is 18.2 Å². The molecule has 6 rings (SSSR count). The van der Waals surface area contributed by atoms with Gasteiger partial charge in [-0.1, -0.05) is 0 Å². The number of hydrogen-bond acceptors (Lipinski definition) is 9. The second kappa shape index (κ2) is 10.5. The number of amides is 1.